The summed E-state index contributed by atoms with van der Waals surface area (Å²) in [6, 6.07) is -0.826. The first-order valence-electron chi connectivity index (χ1n) is 6.89. The molecule has 21 heavy (non-hydrogen) atoms. The van der Waals surface area contributed by atoms with E-state index < -0.39 is 23.5 Å². The molecule has 1 aromatic rings. The van der Waals surface area contributed by atoms with Crippen molar-refractivity contribution >= 4 is 5.91 Å². The van der Waals surface area contributed by atoms with Crippen molar-refractivity contribution in [1.29, 1.82) is 0 Å². The van der Waals surface area contributed by atoms with Crippen LogP contribution in [0, 0.1) is 12.8 Å². The summed E-state index contributed by atoms with van der Waals surface area (Å²) in [5.74, 6) is -5.14. The molecule has 0 spiro atoms. The first-order chi connectivity index (χ1) is 9.67. The van der Waals surface area contributed by atoms with Crippen LogP contribution in [0.3, 0.4) is 0 Å². The number of hydrogen-bond acceptors (Lipinski definition) is 5. The highest BCUT2D eigenvalue weighted by molar-refractivity contribution is 5.85. The quantitative estimate of drug-likeness (QED) is 0.865. The molecule has 8 heteroatoms. The van der Waals surface area contributed by atoms with Gasteiger partial charge >= 0.3 is 5.92 Å². The molecule has 6 nitrogen and oxygen atoms in total. The maximum Gasteiger partial charge on any atom is 0.352 e. The van der Waals surface area contributed by atoms with E-state index >= 15 is 0 Å². The van der Waals surface area contributed by atoms with Crippen molar-refractivity contribution in [2.45, 2.75) is 57.6 Å². The molecule has 118 valence electrons. The number of aryl methyl sites for hydroxylation is 1. The first kappa shape index (κ1) is 15.8. The third-order valence-corrected chi connectivity index (χ3v) is 3.81. The number of carbonyl (C=O) groups is 1. The molecule has 0 radical (unpaired) electrons. The minimum Gasteiger partial charge on any atom is -0.383 e. The third kappa shape index (κ3) is 2.76. The lowest BCUT2D eigenvalue weighted by Gasteiger charge is -2.41. The van der Waals surface area contributed by atoms with Crippen LogP contribution < -0.4 is 5.32 Å². The van der Waals surface area contributed by atoms with Gasteiger partial charge in [0, 0.05) is 0 Å². The number of amides is 1. The standard InChI is InChI=1S/C13H19F2N3O3/c1-7(2)9(10-16-8(3)18-21-10)17-11(19)13(14,15)12(20)5-4-6-12/h7,9,20H,4-6H2,1-3H3,(H,17,19). The Kier molecular flexibility index (Phi) is 4.01. The molecule has 1 amide bonds. The van der Waals surface area contributed by atoms with E-state index in [2.05, 4.69) is 15.5 Å². The van der Waals surface area contributed by atoms with Crippen LogP contribution in [-0.4, -0.2) is 32.7 Å². The highest BCUT2D eigenvalue weighted by Gasteiger charge is 2.61. The largest absolute Gasteiger partial charge is 0.383 e. The Hall–Kier alpha value is -1.57. The molecule has 0 aliphatic heterocycles. The van der Waals surface area contributed by atoms with E-state index in [9.17, 15) is 18.7 Å². The molecule has 1 saturated carbocycles. The molecular weight excluding hydrogens is 284 g/mol. The number of rotatable bonds is 5. The summed E-state index contributed by atoms with van der Waals surface area (Å²) in [4.78, 5) is 15.9. The van der Waals surface area contributed by atoms with Gasteiger partial charge in [-0.05, 0) is 32.1 Å². The Labute approximate surface area is 120 Å². The van der Waals surface area contributed by atoms with E-state index in [-0.39, 0.29) is 24.7 Å². The number of halogens is 2. The summed E-state index contributed by atoms with van der Waals surface area (Å²) in [5.41, 5.74) is -2.25. The molecular formula is C13H19F2N3O3. The van der Waals surface area contributed by atoms with Crippen molar-refractivity contribution in [3.63, 3.8) is 0 Å². The molecule has 0 aromatic carbocycles. The molecule has 1 fully saturated rings. The zero-order valence-corrected chi connectivity index (χ0v) is 12.2. The van der Waals surface area contributed by atoms with Crippen molar-refractivity contribution in [2.75, 3.05) is 0 Å². The summed E-state index contributed by atoms with van der Waals surface area (Å²) in [6.07, 6.45) is 0.314. The second kappa shape index (κ2) is 5.32. The van der Waals surface area contributed by atoms with E-state index in [1.54, 1.807) is 20.8 Å². The van der Waals surface area contributed by atoms with Crippen LogP contribution in [0.25, 0.3) is 0 Å². The predicted octanol–water partition coefficient (Wildman–Crippen LogP) is 1.74. The van der Waals surface area contributed by atoms with Crippen LogP contribution in [-0.2, 0) is 4.79 Å². The molecule has 1 unspecified atom stereocenters. The Morgan fingerprint density at radius 3 is 2.48 bits per heavy atom. The van der Waals surface area contributed by atoms with Crippen LogP contribution in [0.2, 0.25) is 0 Å². The number of hydrogen-bond donors (Lipinski definition) is 2. The fourth-order valence-electron chi connectivity index (χ4n) is 2.22. The van der Waals surface area contributed by atoms with E-state index in [4.69, 9.17) is 4.52 Å². The molecule has 2 rings (SSSR count). The zero-order valence-electron chi connectivity index (χ0n) is 12.2. The molecule has 1 heterocycles. The molecule has 1 aromatic heterocycles. The zero-order chi connectivity index (χ0) is 15.8. The van der Waals surface area contributed by atoms with Gasteiger partial charge in [0.25, 0.3) is 5.91 Å². The van der Waals surface area contributed by atoms with Crippen molar-refractivity contribution in [2.24, 2.45) is 5.92 Å². The number of nitrogens with one attached hydrogen (secondary N) is 1. The minimum absolute atomic E-state index is 0.0762. The normalized spacial score (nSPS) is 19.2. The van der Waals surface area contributed by atoms with E-state index in [0.717, 1.165) is 0 Å². The molecule has 2 N–H and O–H groups in total. The maximum absolute atomic E-state index is 14.1. The molecule has 1 aliphatic carbocycles. The summed E-state index contributed by atoms with van der Waals surface area (Å²) in [6.45, 7) is 5.07. The van der Waals surface area contributed by atoms with Gasteiger partial charge in [-0.3, -0.25) is 4.79 Å². The summed E-state index contributed by atoms with van der Waals surface area (Å²) < 4.78 is 33.1. The molecule has 0 bridgehead atoms. The smallest absolute Gasteiger partial charge is 0.352 e. The van der Waals surface area contributed by atoms with Gasteiger partial charge in [-0.25, -0.2) is 0 Å². The van der Waals surface area contributed by atoms with Crippen molar-refractivity contribution in [1.82, 2.24) is 15.5 Å². The average molecular weight is 303 g/mol. The van der Waals surface area contributed by atoms with Crippen molar-refractivity contribution in [3.8, 4) is 0 Å². The number of nitrogens with zero attached hydrogens (tertiary/aromatic N) is 2. The number of carbonyl (C=O) groups excluding carboxylic acids is 1. The molecule has 1 aliphatic rings. The van der Waals surface area contributed by atoms with E-state index in [1.165, 1.54) is 0 Å². The maximum atomic E-state index is 14.1. The molecule has 1 atom stereocenters. The monoisotopic (exact) mass is 303 g/mol. The highest BCUT2D eigenvalue weighted by atomic mass is 19.3. The van der Waals surface area contributed by atoms with Gasteiger partial charge in [0.2, 0.25) is 5.89 Å². The van der Waals surface area contributed by atoms with Gasteiger partial charge in [0.1, 0.15) is 11.6 Å². The van der Waals surface area contributed by atoms with Crippen LogP contribution in [0.5, 0.6) is 0 Å². The second-order valence-corrected chi connectivity index (χ2v) is 5.83. The summed E-state index contributed by atoms with van der Waals surface area (Å²) in [7, 11) is 0. The predicted molar refractivity (Wildman–Crippen MR) is 68.5 cm³/mol. The SMILES string of the molecule is Cc1noc(C(NC(=O)C(F)(F)C2(O)CCC2)C(C)C)n1. The fourth-order valence-corrected chi connectivity index (χ4v) is 2.22. The number of alkyl halides is 2. The van der Waals surface area contributed by atoms with Crippen LogP contribution in [0.4, 0.5) is 8.78 Å². The highest BCUT2D eigenvalue weighted by Crippen LogP contribution is 2.44. The van der Waals surface area contributed by atoms with E-state index in [0.29, 0.717) is 12.2 Å². The van der Waals surface area contributed by atoms with Crippen LogP contribution in [0.1, 0.15) is 50.9 Å². The van der Waals surface area contributed by atoms with Crippen LogP contribution >= 0.6 is 0 Å². The van der Waals surface area contributed by atoms with Crippen LogP contribution in [0.15, 0.2) is 4.52 Å². The molecule has 0 saturated heterocycles. The minimum atomic E-state index is -3.84. The Morgan fingerprint density at radius 2 is 2.10 bits per heavy atom. The fraction of sp³-hybridized carbons (Fsp3) is 0.769. The average Bonchev–Trinajstić information content (AvgIpc) is 2.78. The topological polar surface area (TPSA) is 88.2 Å². The van der Waals surface area contributed by atoms with Crippen molar-refractivity contribution in [3.05, 3.63) is 11.7 Å². The lowest BCUT2D eigenvalue weighted by molar-refractivity contribution is -0.216. The Balaban J connectivity index is 2.15. The van der Waals surface area contributed by atoms with Gasteiger partial charge in [-0.15, -0.1) is 0 Å². The lowest BCUT2D eigenvalue weighted by atomic mass is 9.75. The second-order valence-electron chi connectivity index (χ2n) is 5.83. The van der Waals surface area contributed by atoms with Gasteiger partial charge < -0.3 is 14.9 Å². The Bertz CT molecular complexity index is 526. The lowest BCUT2D eigenvalue weighted by Crippen LogP contribution is -2.61. The van der Waals surface area contributed by atoms with Gasteiger partial charge in [-0.2, -0.15) is 13.8 Å². The van der Waals surface area contributed by atoms with Gasteiger partial charge in [0.15, 0.2) is 5.82 Å². The van der Waals surface area contributed by atoms with E-state index in [1.807, 2.05) is 0 Å². The number of aromatic nitrogens is 2. The first-order valence-corrected chi connectivity index (χ1v) is 6.89. The van der Waals surface area contributed by atoms with Gasteiger partial charge in [-0.1, -0.05) is 19.0 Å². The van der Waals surface area contributed by atoms with Crippen molar-refractivity contribution < 1.29 is 23.2 Å². The summed E-state index contributed by atoms with van der Waals surface area (Å²) >= 11 is 0. The summed E-state index contributed by atoms with van der Waals surface area (Å²) in [5, 5.41) is 15.6. The number of aliphatic hydroxyl groups is 1. The van der Waals surface area contributed by atoms with Gasteiger partial charge in [0.05, 0.1) is 0 Å². The third-order valence-electron chi connectivity index (χ3n) is 3.81. The Morgan fingerprint density at radius 1 is 1.48 bits per heavy atom.